The molecule has 4 nitrogen and oxygen atoms in total. The minimum Gasteiger partial charge on any atom is -0.350 e. The molecule has 0 radical (unpaired) electrons. The summed E-state index contributed by atoms with van der Waals surface area (Å²) in [5.74, 6) is 0. The lowest BCUT2D eigenvalue weighted by atomic mass is 9.94. The Kier molecular flexibility index (Phi) is 6.14. The number of hydrogen-bond acceptors (Lipinski definition) is 4. The molecular weight excluding hydrogens is 280 g/mol. The van der Waals surface area contributed by atoms with Gasteiger partial charge in [-0.3, -0.25) is 0 Å². The van der Waals surface area contributed by atoms with E-state index in [9.17, 15) is 0 Å². The second-order valence-corrected chi connectivity index (χ2v) is 7.30. The summed E-state index contributed by atoms with van der Waals surface area (Å²) in [5, 5.41) is 0. The fourth-order valence-corrected chi connectivity index (χ4v) is 3.91. The Hall–Kier alpha value is -0.160. The molecule has 6 atom stereocenters. The maximum absolute atomic E-state index is 6.20. The van der Waals surface area contributed by atoms with Crippen LogP contribution >= 0.6 is 0 Å². The fourth-order valence-electron chi connectivity index (χ4n) is 3.91. The van der Waals surface area contributed by atoms with Crippen molar-refractivity contribution in [2.45, 2.75) is 115 Å². The van der Waals surface area contributed by atoms with Crippen LogP contribution in [0.3, 0.4) is 0 Å². The van der Waals surface area contributed by atoms with Crippen molar-refractivity contribution in [1.82, 2.24) is 0 Å². The van der Waals surface area contributed by atoms with E-state index in [0.29, 0.717) is 12.2 Å². The molecular formula is C18H32O4. The Labute approximate surface area is 134 Å². The third kappa shape index (κ3) is 4.92. The van der Waals surface area contributed by atoms with Crippen LogP contribution in [0.2, 0.25) is 0 Å². The molecule has 0 aromatic heterocycles. The van der Waals surface area contributed by atoms with E-state index in [2.05, 4.69) is 13.8 Å². The molecule has 0 amide bonds. The van der Waals surface area contributed by atoms with Crippen molar-refractivity contribution in [3.05, 3.63) is 0 Å². The SMILES string of the molecule is CC1CCC[C@@H](OC2CCCC(O[C@@H]3CCC[C@@H](C)O3)C2)O1. The lowest BCUT2D eigenvalue weighted by Crippen LogP contribution is -2.38. The van der Waals surface area contributed by atoms with Gasteiger partial charge in [-0.1, -0.05) is 0 Å². The second-order valence-electron chi connectivity index (χ2n) is 7.30. The van der Waals surface area contributed by atoms with Crippen LogP contribution in [0.15, 0.2) is 0 Å². The molecule has 0 bridgehead atoms. The summed E-state index contributed by atoms with van der Waals surface area (Å²) < 4.78 is 24.2. The predicted octanol–water partition coefficient (Wildman–Crippen LogP) is 4.16. The number of ether oxygens (including phenoxy) is 4. The van der Waals surface area contributed by atoms with Crippen LogP contribution in [0, 0.1) is 0 Å². The Morgan fingerprint density at radius 2 is 1.09 bits per heavy atom. The maximum atomic E-state index is 6.20. The van der Waals surface area contributed by atoms with Gasteiger partial charge in [0.1, 0.15) is 0 Å². The van der Waals surface area contributed by atoms with Crippen LogP contribution in [0.25, 0.3) is 0 Å². The number of hydrogen-bond donors (Lipinski definition) is 0. The van der Waals surface area contributed by atoms with E-state index in [-0.39, 0.29) is 24.8 Å². The molecule has 22 heavy (non-hydrogen) atoms. The van der Waals surface area contributed by atoms with Crippen LogP contribution in [0.1, 0.15) is 78.1 Å². The largest absolute Gasteiger partial charge is 0.350 e. The van der Waals surface area contributed by atoms with Gasteiger partial charge in [-0.2, -0.15) is 0 Å². The van der Waals surface area contributed by atoms with Crippen LogP contribution in [0.4, 0.5) is 0 Å². The van der Waals surface area contributed by atoms with Crippen LogP contribution in [0.5, 0.6) is 0 Å². The summed E-state index contributed by atoms with van der Waals surface area (Å²) in [6, 6.07) is 0. The molecule has 2 saturated heterocycles. The second kappa shape index (κ2) is 8.09. The summed E-state index contributed by atoms with van der Waals surface area (Å²) in [4.78, 5) is 0. The molecule has 0 aromatic carbocycles. The van der Waals surface area contributed by atoms with E-state index in [1.54, 1.807) is 0 Å². The molecule has 2 aliphatic heterocycles. The van der Waals surface area contributed by atoms with Crippen LogP contribution in [-0.2, 0) is 18.9 Å². The van der Waals surface area contributed by atoms with Crippen molar-refractivity contribution in [3.63, 3.8) is 0 Å². The first kappa shape index (κ1) is 16.7. The first-order valence-electron chi connectivity index (χ1n) is 9.31. The monoisotopic (exact) mass is 312 g/mol. The summed E-state index contributed by atoms with van der Waals surface area (Å²) in [6.07, 6.45) is 12.5. The lowest BCUT2D eigenvalue weighted by Gasteiger charge is -2.37. The topological polar surface area (TPSA) is 36.9 Å². The van der Waals surface area contributed by atoms with Crippen molar-refractivity contribution in [2.24, 2.45) is 0 Å². The van der Waals surface area contributed by atoms with Gasteiger partial charge in [0.25, 0.3) is 0 Å². The van der Waals surface area contributed by atoms with Gasteiger partial charge in [0.2, 0.25) is 0 Å². The van der Waals surface area contributed by atoms with Gasteiger partial charge in [0, 0.05) is 0 Å². The molecule has 1 saturated carbocycles. The first-order chi connectivity index (χ1) is 10.7. The summed E-state index contributed by atoms with van der Waals surface area (Å²) >= 11 is 0. The van der Waals surface area contributed by atoms with E-state index in [1.807, 2.05) is 0 Å². The zero-order valence-corrected chi connectivity index (χ0v) is 14.2. The Balaban J connectivity index is 1.42. The zero-order chi connectivity index (χ0) is 15.4. The fraction of sp³-hybridized carbons (Fsp3) is 1.00. The highest BCUT2D eigenvalue weighted by Crippen LogP contribution is 2.30. The smallest absolute Gasteiger partial charge is 0.158 e. The average molecular weight is 312 g/mol. The van der Waals surface area contributed by atoms with Gasteiger partial charge in [0.15, 0.2) is 12.6 Å². The van der Waals surface area contributed by atoms with Crippen molar-refractivity contribution in [1.29, 1.82) is 0 Å². The van der Waals surface area contributed by atoms with E-state index >= 15 is 0 Å². The molecule has 4 heteroatoms. The van der Waals surface area contributed by atoms with E-state index < -0.39 is 0 Å². The molecule has 2 heterocycles. The van der Waals surface area contributed by atoms with Crippen LogP contribution < -0.4 is 0 Å². The minimum absolute atomic E-state index is 0.00143. The highest BCUT2D eigenvalue weighted by Gasteiger charge is 2.30. The molecule has 3 fully saturated rings. The summed E-state index contributed by atoms with van der Waals surface area (Å²) in [5.41, 5.74) is 0. The van der Waals surface area contributed by atoms with E-state index in [0.717, 1.165) is 44.9 Å². The molecule has 0 spiro atoms. The maximum Gasteiger partial charge on any atom is 0.158 e. The molecule has 0 aromatic rings. The third-order valence-electron chi connectivity index (χ3n) is 5.14. The molecule has 1 aliphatic carbocycles. The van der Waals surface area contributed by atoms with Crippen molar-refractivity contribution < 1.29 is 18.9 Å². The van der Waals surface area contributed by atoms with Gasteiger partial charge < -0.3 is 18.9 Å². The minimum atomic E-state index is -0.00143. The van der Waals surface area contributed by atoms with Crippen molar-refractivity contribution >= 4 is 0 Å². The van der Waals surface area contributed by atoms with E-state index in [4.69, 9.17) is 18.9 Å². The van der Waals surface area contributed by atoms with Gasteiger partial charge >= 0.3 is 0 Å². The molecule has 3 rings (SSSR count). The summed E-state index contributed by atoms with van der Waals surface area (Å²) in [6.45, 7) is 4.29. The number of rotatable bonds is 4. The lowest BCUT2D eigenvalue weighted by molar-refractivity contribution is -0.241. The zero-order valence-electron chi connectivity index (χ0n) is 14.2. The highest BCUT2D eigenvalue weighted by molar-refractivity contribution is 4.76. The van der Waals surface area contributed by atoms with Crippen molar-refractivity contribution in [3.8, 4) is 0 Å². The quantitative estimate of drug-likeness (QED) is 0.781. The van der Waals surface area contributed by atoms with Gasteiger partial charge in [-0.25, -0.2) is 0 Å². The predicted molar refractivity (Wildman–Crippen MR) is 84.6 cm³/mol. The van der Waals surface area contributed by atoms with Crippen LogP contribution in [-0.4, -0.2) is 37.0 Å². The Morgan fingerprint density at radius 3 is 1.55 bits per heavy atom. The molecule has 3 unspecified atom stereocenters. The van der Waals surface area contributed by atoms with Gasteiger partial charge in [-0.15, -0.1) is 0 Å². The normalized spacial score (nSPS) is 43.9. The van der Waals surface area contributed by atoms with Gasteiger partial charge in [-0.05, 0) is 78.1 Å². The summed E-state index contributed by atoms with van der Waals surface area (Å²) in [7, 11) is 0. The standard InChI is InChI=1S/C18H32O4/c1-13-6-3-10-17(19-13)21-15-8-5-9-16(12-15)22-18-11-4-7-14(2)20-18/h13-18H,3-12H2,1-2H3/t13-,14?,15?,16?,17-,18-/m1/s1. The highest BCUT2D eigenvalue weighted by atomic mass is 16.7. The van der Waals surface area contributed by atoms with E-state index in [1.165, 1.54) is 19.3 Å². The molecule has 3 aliphatic rings. The third-order valence-corrected chi connectivity index (χ3v) is 5.14. The molecule has 128 valence electrons. The Morgan fingerprint density at radius 1 is 0.636 bits per heavy atom. The first-order valence-corrected chi connectivity index (χ1v) is 9.31. The molecule has 0 N–H and O–H groups in total. The van der Waals surface area contributed by atoms with Gasteiger partial charge in [0.05, 0.1) is 24.4 Å². The Bertz CT molecular complexity index is 305. The van der Waals surface area contributed by atoms with Crippen molar-refractivity contribution in [2.75, 3.05) is 0 Å². The average Bonchev–Trinajstić information content (AvgIpc) is 2.47.